The molecule has 0 fully saturated rings. The maximum absolute atomic E-state index is 9.81. The van der Waals surface area contributed by atoms with Gasteiger partial charge in [0.25, 0.3) is 0 Å². The molecule has 0 heterocycles. The molecule has 0 saturated carbocycles. The van der Waals surface area contributed by atoms with Crippen molar-refractivity contribution in [3.8, 4) is 5.75 Å². The Balaban J connectivity index is 1.70. The first kappa shape index (κ1) is 15.6. The highest BCUT2D eigenvalue weighted by Gasteiger charge is 2.07. The molecule has 3 N–H and O–H groups in total. The molecule has 2 rings (SSSR count). The smallest absolute Gasteiger partial charge is 0.121 e. The lowest BCUT2D eigenvalue weighted by Gasteiger charge is -2.13. The van der Waals surface area contributed by atoms with Crippen LogP contribution in [0.3, 0.4) is 0 Å². The average Bonchev–Trinajstić information content (AvgIpc) is 2.47. The van der Waals surface area contributed by atoms with Crippen molar-refractivity contribution in [1.82, 2.24) is 0 Å². The number of rotatable bonds is 7. The van der Waals surface area contributed by atoms with Crippen molar-refractivity contribution in [1.29, 1.82) is 0 Å². The molecule has 0 bridgehead atoms. The van der Waals surface area contributed by atoms with E-state index in [1.165, 1.54) is 0 Å². The monoisotopic (exact) mass is 307 g/mol. The SMILES string of the molecule is Nc1cccc(OCC(O)COCc2ccccc2Cl)c1. The van der Waals surface area contributed by atoms with Crippen molar-refractivity contribution in [2.75, 3.05) is 18.9 Å². The maximum atomic E-state index is 9.81. The Morgan fingerprint density at radius 3 is 2.67 bits per heavy atom. The number of hydrogen-bond acceptors (Lipinski definition) is 4. The topological polar surface area (TPSA) is 64.7 Å². The van der Waals surface area contributed by atoms with E-state index in [0.29, 0.717) is 23.1 Å². The summed E-state index contributed by atoms with van der Waals surface area (Å²) in [6.45, 7) is 0.675. The molecule has 1 atom stereocenters. The number of ether oxygens (including phenoxy) is 2. The number of hydrogen-bond donors (Lipinski definition) is 2. The molecule has 5 heteroatoms. The molecule has 0 aliphatic rings. The van der Waals surface area contributed by atoms with Crippen LogP contribution < -0.4 is 10.5 Å². The van der Waals surface area contributed by atoms with Crippen molar-refractivity contribution in [3.05, 3.63) is 59.1 Å². The number of anilines is 1. The normalized spacial score (nSPS) is 12.1. The van der Waals surface area contributed by atoms with E-state index in [4.69, 9.17) is 26.8 Å². The first-order valence-electron chi connectivity index (χ1n) is 6.62. The molecule has 2 aromatic carbocycles. The molecule has 0 aromatic heterocycles. The Kier molecular flexibility index (Phi) is 5.87. The lowest BCUT2D eigenvalue weighted by atomic mass is 10.2. The van der Waals surface area contributed by atoms with E-state index in [2.05, 4.69) is 0 Å². The Hall–Kier alpha value is -1.75. The number of nitrogens with two attached hydrogens (primary N) is 1. The maximum Gasteiger partial charge on any atom is 0.121 e. The summed E-state index contributed by atoms with van der Waals surface area (Å²) in [7, 11) is 0. The molecule has 0 amide bonds. The fourth-order valence-electron chi connectivity index (χ4n) is 1.77. The van der Waals surface area contributed by atoms with Crippen LogP contribution in [0, 0.1) is 0 Å². The van der Waals surface area contributed by atoms with Crippen LogP contribution in [0.2, 0.25) is 5.02 Å². The van der Waals surface area contributed by atoms with Gasteiger partial charge in [-0.25, -0.2) is 0 Å². The second-order valence-electron chi connectivity index (χ2n) is 4.64. The predicted molar refractivity (Wildman–Crippen MR) is 83.5 cm³/mol. The molecule has 112 valence electrons. The third kappa shape index (κ3) is 5.27. The highest BCUT2D eigenvalue weighted by atomic mass is 35.5. The van der Waals surface area contributed by atoms with Gasteiger partial charge in [0.2, 0.25) is 0 Å². The van der Waals surface area contributed by atoms with Crippen LogP contribution in [-0.2, 0) is 11.3 Å². The lowest BCUT2D eigenvalue weighted by molar-refractivity contribution is 0.00552. The van der Waals surface area contributed by atoms with Gasteiger partial charge in [0, 0.05) is 16.8 Å². The van der Waals surface area contributed by atoms with Gasteiger partial charge in [-0.3, -0.25) is 0 Å². The molecule has 1 unspecified atom stereocenters. The molecule has 4 nitrogen and oxygen atoms in total. The second kappa shape index (κ2) is 7.88. The number of halogens is 1. The highest BCUT2D eigenvalue weighted by Crippen LogP contribution is 2.16. The van der Waals surface area contributed by atoms with Crippen molar-refractivity contribution < 1.29 is 14.6 Å². The van der Waals surface area contributed by atoms with Gasteiger partial charge in [0.1, 0.15) is 18.5 Å². The molecule has 0 aliphatic carbocycles. The Bertz CT molecular complexity index is 577. The van der Waals surface area contributed by atoms with Gasteiger partial charge in [-0.2, -0.15) is 0 Å². The number of aliphatic hydroxyl groups excluding tert-OH is 1. The zero-order chi connectivity index (χ0) is 15.1. The van der Waals surface area contributed by atoms with E-state index >= 15 is 0 Å². The summed E-state index contributed by atoms with van der Waals surface area (Å²) >= 11 is 6.02. The van der Waals surface area contributed by atoms with E-state index in [1.54, 1.807) is 30.3 Å². The Labute approximate surface area is 129 Å². The molecule has 0 radical (unpaired) electrons. The first-order chi connectivity index (χ1) is 10.1. The van der Waals surface area contributed by atoms with Crippen LogP contribution in [0.15, 0.2) is 48.5 Å². The van der Waals surface area contributed by atoms with Crippen molar-refractivity contribution in [2.45, 2.75) is 12.7 Å². The summed E-state index contributed by atoms with van der Waals surface area (Å²) in [6, 6.07) is 14.5. The van der Waals surface area contributed by atoms with E-state index in [9.17, 15) is 5.11 Å². The van der Waals surface area contributed by atoms with Gasteiger partial charge < -0.3 is 20.3 Å². The van der Waals surface area contributed by atoms with Gasteiger partial charge in [0.05, 0.1) is 13.2 Å². The quantitative estimate of drug-likeness (QED) is 0.772. The molecule has 0 spiro atoms. The first-order valence-corrected chi connectivity index (χ1v) is 7.00. The second-order valence-corrected chi connectivity index (χ2v) is 5.05. The van der Waals surface area contributed by atoms with Gasteiger partial charge in [-0.15, -0.1) is 0 Å². The summed E-state index contributed by atoms with van der Waals surface area (Å²) in [5.41, 5.74) is 7.16. The van der Waals surface area contributed by atoms with Crippen LogP contribution in [0.4, 0.5) is 5.69 Å². The molecule has 2 aromatic rings. The standard InChI is InChI=1S/C16H18ClNO3/c17-16-7-2-1-4-12(16)9-20-10-14(19)11-21-15-6-3-5-13(18)8-15/h1-8,14,19H,9-11,18H2. The number of nitrogen functional groups attached to an aromatic ring is 1. The minimum absolute atomic E-state index is 0.145. The fraction of sp³-hybridized carbons (Fsp3) is 0.250. The fourth-order valence-corrected chi connectivity index (χ4v) is 1.96. The van der Waals surface area contributed by atoms with Crippen LogP contribution in [0.5, 0.6) is 5.75 Å². The van der Waals surface area contributed by atoms with Crippen LogP contribution in [-0.4, -0.2) is 24.4 Å². The third-order valence-electron chi connectivity index (χ3n) is 2.83. The lowest BCUT2D eigenvalue weighted by Crippen LogP contribution is -2.23. The van der Waals surface area contributed by atoms with Gasteiger partial charge in [-0.05, 0) is 23.8 Å². The minimum atomic E-state index is -0.714. The van der Waals surface area contributed by atoms with Crippen LogP contribution >= 0.6 is 11.6 Å². The van der Waals surface area contributed by atoms with Gasteiger partial charge in [-0.1, -0.05) is 35.9 Å². The minimum Gasteiger partial charge on any atom is -0.491 e. The van der Waals surface area contributed by atoms with E-state index in [1.807, 2.05) is 18.2 Å². The molecule has 21 heavy (non-hydrogen) atoms. The van der Waals surface area contributed by atoms with Crippen molar-refractivity contribution >= 4 is 17.3 Å². The Morgan fingerprint density at radius 2 is 1.90 bits per heavy atom. The van der Waals surface area contributed by atoms with Crippen LogP contribution in [0.1, 0.15) is 5.56 Å². The van der Waals surface area contributed by atoms with E-state index < -0.39 is 6.10 Å². The van der Waals surface area contributed by atoms with E-state index in [0.717, 1.165) is 5.56 Å². The zero-order valence-corrected chi connectivity index (χ0v) is 12.3. The predicted octanol–water partition coefficient (Wildman–Crippen LogP) is 2.88. The third-order valence-corrected chi connectivity index (χ3v) is 3.19. The van der Waals surface area contributed by atoms with E-state index in [-0.39, 0.29) is 13.2 Å². The molecule has 0 saturated heterocycles. The number of benzene rings is 2. The van der Waals surface area contributed by atoms with Crippen molar-refractivity contribution in [2.24, 2.45) is 0 Å². The number of aliphatic hydroxyl groups is 1. The zero-order valence-electron chi connectivity index (χ0n) is 11.5. The summed E-state index contributed by atoms with van der Waals surface area (Å²) < 4.78 is 10.9. The largest absolute Gasteiger partial charge is 0.491 e. The molecule has 0 aliphatic heterocycles. The average molecular weight is 308 g/mol. The van der Waals surface area contributed by atoms with Gasteiger partial charge in [0.15, 0.2) is 0 Å². The Morgan fingerprint density at radius 1 is 1.10 bits per heavy atom. The molecular weight excluding hydrogens is 290 g/mol. The van der Waals surface area contributed by atoms with Gasteiger partial charge >= 0.3 is 0 Å². The summed E-state index contributed by atoms with van der Waals surface area (Å²) in [5.74, 6) is 0.625. The summed E-state index contributed by atoms with van der Waals surface area (Å²) in [5, 5.41) is 10.5. The van der Waals surface area contributed by atoms with Crippen LogP contribution in [0.25, 0.3) is 0 Å². The highest BCUT2D eigenvalue weighted by molar-refractivity contribution is 6.31. The molecular formula is C16H18ClNO3. The summed E-state index contributed by atoms with van der Waals surface area (Å²) in [4.78, 5) is 0. The van der Waals surface area contributed by atoms with Crippen molar-refractivity contribution in [3.63, 3.8) is 0 Å². The summed E-state index contributed by atoms with van der Waals surface area (Å²) in [6.07, 6.45) is -0.714.